The summed E-state index contributed by atoms with van der Waals surface area (Å²) in [4.78, 5) is 31.6. The number of nitrogens with one attached hydrogen (secondary N) is 2. The van der Waals surface area contributed by atoms with Crippen molar-refractivity contribution in [2.24, 2.45) is 0 Å². The number of alkyl halides is 2. The lowest BCUT2D eigenvalue weighted by molar-refractivity contribution is -0.145. The van der Waals surface area contributed by atoms with E-state index in [2.05, 4.69) is 32.0 Å². The second-order valence-electron chi connectivity index (χ2n) is 8.54. The number of halogens is 3. The standard InChI is InChI=1S/C27H18BrF2N5O3S/c28-23-14-33-26(35(23)22-10-9-15(12-31)17-5-1-2-7-19(17)22)39-27(29,30)25(38)34-21(24(36)37)11-16-13-32-20-8-4-3-6-18(16)20/h1-10,13-14,21,32H,11H2,(H,34,38)(H,36,37). The molecule has 0 aliphatic rings. The number of carbonyl (C=O) groups excluding carboxylic acids is 1. The Labute approximate surface area is 232 Å². The van der Waals surface area contributed by atoms with Crippen molar-refractivity contribution in [2.45, 2.75) is 22.9 Å². The number of carboxylic acids is 1. The number of aliphatic carboxylic acids is 1. The number of H-pyrrole nitrogens is 1. The Morgan fingerprint density at radius 2 is 1.82 bits per heavy atom. The number of carboxylic acid groups (broad SMARTS) is 1. The minimum absolute atomic E-state index is 0.109. The van der Waals surface area contributed by atoms with Crippen LogP contribution in [0.25, 0.3) is 27.4 Å². The van der Waals surface area contributed by atoms with Gasteiger partial charge in [0.25, 0.3) is 0 Å². The normalized spacial score (nSPS) is 12.4. The fraction of sp³-hybridized carbons (Fsp3) is 0.111. The van der Waals surface area contributed by atoms with E-state index in [-0.39, 0.29) is 23.3 Å². The summed E-state index contributed by atoms with van der Waals surface area (Å²) in [6.45, 7) is 0. The number of aromatic amines is 1. The molecular weight excluding hydrogens is 592 g/mol. The number of nitrogens with zero attached hydrogens (tertiary/aromatic N) is 3. The van der Waals surface area contributed by atoms with E-state index >= 15 is 8.78 Å². The molecule has 2 heterocycles. The summed E-state index contributed by atoms with van der Waals surface area (Å²) < 4.78 is 32.2. The van der Waals surface area contributed by atoms with Crippen molar-refractivity contribution in [1.29, 1.82) is 5.26 Å². The number of fused-ring (bicyclic) bond motifs is 2. The zero-order chi connectivity index (χ0) is 27.7. The van der Waals surface area contributed by atoms with Gasteiger partial charge in [-0.2, -0.15) is 14.0 Å². The van der Waals surface area contributed by atoms with Crippen LogP contribution in [0.2, 0.25) is 0 Å². The maximum Gasteiger partial charge on any atom is 0.377 e. The van der Waals surface area contributed by atoms with Gasteiger partial charge in [-0.1, -0.05) is 42.5 Å². The molecule has 0 saturated heterocycles. The van der Waals surface area contributed by atoms with Crippen LogP contribution in [0.4, 0.5) is 8.78 Å². The number of imidazole rings is 1. The highest BCUT2D eigenvalue weighted by Gasteiger charge is 2.44. The smallest absolute Gasteiger partial charge is 0.377 e. The third-order valence-electron chi connectivity index (χ3n) is 6.14. The van der Waals surface area contributed by atoms with Crippen LogP contribution in [0, 0.1) is 11.3 Å². The summed E-state index contributed by atoms with van der Waals surface area (Å²) in [7, 11) is 0. The molecule has 0 saturated carbocycles. The number of benzene rings is 3. The molecule has 0 aliphatic carbocycles. The Hall–Kier alpha value is -4.21. The van der Waals surface area contributed by atoms with E-state index in [0.717, 1.165) is 10.9 Å². The molecule has 3 aromatic carbocycles. The molecule has 0 aliphatic heterocycles. The van der Waals surface area contributed by atoms with Gasteiger partial charge in [0.1, 0.15) is 10.6 Å². The first kappa shape index (κ1) is 26.4. The number of thioether (sulfide) groups is 1. The van der Waals surface area contributed by atoms with Gasteiger partial charge in [0.2, 0.25) is 0 Å². The highest BCUT2D eigenvalue weighted by Crippen LogP contribution is 2.39. The Balaban J connectivity index is 1.41. The number of aromatic nitrogens is 3. The van der Waals surface area contributed by atoms with Crippen molar-refractivity contribution < 1.29 is 23.5 Å². The largest absolute Gasteiger partial charge is 0.480 e. The van der Waals surface area contributed by atoms with Crippen LogP contribution in [-0.2, 0) is 16.0 Å². The molecule has 0 bridgehead atoms. The lowest BCUT2D eigenvalue weighted by Gasteiger charge is -2.20. The molecule has 39 heavy (non-hydrogen) atoms. The summed E-state index contributed by atoms with van der Waals surface area (Å²) in [5.41, 5.74) is 2.22. The van der Waals surface area contributed by atoms with Gasteiger partial charge in [-0.3, -0.25) is 9.36 Å². The molecule has 1 atom stereocenters. The van der Waals surface area contributed by atoms with Gasteiger partial charge in [0, 0.05) is 34.3 Å². The molecule has 196 valence electrons. The van der Waals surface area contributed by atoms with Crippen molar-refractivity contribution in [3.8, 4) is 11.8 Å². The van der Waals surface area contributed by atoms with E-state index in [1.165, 1.54) is 10.8 Å². The zero-order valence-electron chi connectivity index (χ0n) is 19.9. The fourth-order valence-corrected chi connectivity index (χ4v) is 5.66. The number of nitriles is 1. The number of carbonyl (C=O) groups is 2. The van der Waals surface area contributed by atoms with Gasteiger partial charge in [-0.25, -0.2) is 9.78 Å². The van der Waals surface area contributed by atoms with Crippen molar-refractivity contribution in [3.05, 3.63) is 88.8 Å². The SMILES string of the molecule is N#Cc1ccc(-n2c(Br)cnc2SC(F)(F)C(=O)NC(Cc2c[nH]c3ccccc23)C(=O)O)c2ccccc12. The molecule has 8 nitrogen and oxygen atoms in total. The third-order valence-corrected chi connectivity index (χ3v) is 7.61. The molecule has 1 amide bonds. The van der Waals surface area contributed by atoms with Crippen LogP contribution in [0.15, 0.2) is 82.8 Å². The second-order valence-corrected chi connectivity index (χ2v) is 10.4. The quantitative estimate of drug-likeness (QED) is 0.196. The molecule has 0 radical (unpaired) electrons. The van der Waals surface area contributed by atoms with E-state index in [0.29, 0.717) is 32.2 Å². The summed E-state index contributed by atoms with van der Waals surface area (Å²) in [5, 5.41) is 18.8. The summed E-state index contributed by atoms with van der Waals surface area (Å²) in [5.74, 6) is -3.20. The lowest BCUT2D eigenvalue weighted by atomic mass is 10.0. The number of hydrogen-bond acceptors (Lipinski definition) is 5. The molecular formula is C27H18BrF2N5O3S. The lowest BCUT2D eigenvalue weighted by Crippen LogP contribution is -2.48. The fourth-order valence-electron chi connectivity index (χ4n) is 4.30. The van der Waals surface area contributed by atoms with Crippen LogP contribution >= 0.6 is 27.7 Å². The molecule has 5 aromatic rings. The van der Waals surface area contributed by atoms with Crippen LogP contribution in [0.3, 0.4) is 0 Å². The average Bonchev–Trinajstić information content (AvgIpc) is 3.50. The first-order valence-corrected chi connectivity index (χ1v) is 13.1. The molecule has 5 rings (SSSR count). The van der Waals surface area contributed by atoms with Crippen LogP contribution in [-0.4, -0.2) is 42.8 Å². The van der Waals surface area contributed by atoms with Crippen LogP contribution in [0.5, 0.6) is 0 Å². The molecule has 0 spiro atoms. The van der Waals surface area contributed by atoms with Gasteiger partial charge < -0.3 is 15.4 Å². The minimum Gasteiger partial charge on any atom is -0.480 e. The Morgan fingerprint density at radius 3 is 2.54 bits per heavy atom. The van der Waals surface area contributed by atoms with Crippen molar-refractivity contribution in [1.82, 2.24) is 19.9 Å². The maximum atomic E-state index is 15.2. The molecule has 2 aromatic heterocycles. The maximum absolute atomic E-state index is 15.2. The van der Waals surface area contributed by atoms with Crippen molar-refractivity contribution >= 4 is 61.2 Å². The summed E-state index contributed by atoms with van der Waals surface area (Å²) in [6.07, 6.45) is 2.72. The second kappa shape index (κ2) is 10.5. The zero-order valence-corrected chi connectivity index (χ0v) is 22.3. The van der Waals surface area contributed by atoms with Crippen LogP contribution in [0.1, 0.15) is 11.1 Å². The van der Waals surface area contributed by atoms with Gasteiger partial charge >= 0.3 is 17.1 Å². The Morgan fingerprint density at radius 1 is 1.13 bits per heavy atom. The first-order chi connectivity index (χ1) is 18.7. The van der Waals surface area contributed by atoms with Crippen molar-refractivity contribution in [2.75, 3.05) is 0 Å². The van der Waals surface area contributed by atoms with Gasteiger partial charge in [0.15, 0.2) is 5.16 Å². The third kappa shape index (κ3) is 5.10. The predicted octanol–water partition coefficient (Wildman–Crippen LogP) is 5.64. The topological polar surface area (TPSA) is 124 Å². The summed E-state index contributed by atoms with van der Waals surface area (Å²) in [6, 6.07) is 17.9. The first-order valence-electron chi connectivity index (χ1n) is 11.5. The minimum atomic E-state index is -4.06. The predicted molar refractivity (Wildman–Crippen MR) is 146 cm³/mol. The van der Waals surface area contributed by atoms with E-state index in [1.54, 1.807) is 66.9 Å². The molecule has 3 N–H and O–H groups in total. The number of hydrogen-bond donors (Lipinski definition) is 3. The number of amides is 1. The van der Waals surface area contributed by atoms with Crippen molar-refractivity contribution in [3.63, 3.8) is 0 Å². The van der Waals surface area contributed by atoms with Gasteiger partial charge in [-0.15, -0.1) is 0 Å². The number of rotatable bonds is 8. The van der Waals surface area contributed by atoms with E-state index in [4.69, 9.17) is 0 Å². The molecule has 12 heteroatoms. The van der Waals surface area contributed by atoms with E-state index in [1.807, 2.05) is 5.32 Å². The monoisotopic (exact) mass is 609 g/mol. The summed E-state index contributed by atoms with van der Waals surface area (Å²) >= 11 is 3.22. The van der Waals surface area contributed by atoms with E-state index in [9.17, 15) is 20.0 Å². The molecule has 1 unspecified atom stereocenters. The van der Waals surface area contributed by atoms with Crippen LogP contribution < -0.4 is 5.32 Å². The van der Waals surface area contributed by atoms with Gasteiger partial charge in [0.05, 0.1) is 23.5 Å². The average molecular weight is 610 g/mol. The van der Waals surface area contributed by atoms with Gasteiger partial charge in [-0.05, 0) is 51.5 Å². The van der Waals surface area contributed by atoms with E-state index < -0.39 is 23.2 Å². The Kier molecular flexibility index (Phi) is 7.12. The Bertz CT molecular complexity index is 1780. The molecule has 0 fully saturated rings. The highest BCUT2D eigenvalue weighted by molar-refractivity contribution is 9.10. The highest BCUT2D eigenvalue weighted by atomic mass is 79.9. The number of para-hydroxylation sites is 1.